The molecule has 0 aliphatic heterocycles. The van der Waals surface area contributed by atoms with Gasteiger partial charge in [0.2, 0.25) is 0 Å². The number of hydrogen-bond donors (Lipinski definition) is 0. The van der Waals surface area contributed by atoms with Crippen LogP contribution in [0.15, 0.2) is 84.4 Å². The van der Waals surface area contributed by atoms with Gasteiger partial charge < -0.3 is 0 Å². The Bertz CT molecular complexity index is 1210. The molecule has 2 aliphatic carbocycles. The van der Waals surface area contributed by atoms with Crippen molar-refractivity contribution in [1.82, 2.24) is 0 Å². The molecule has 0 amide bonds. The second-order valence-corrected chi connectivity index (χ2v) is 10.0. The molecule has 2 atom stereocenters. The summed E-state index contributed by atoms with van der Waals surface area (Å²) in [6.45, 7) is 6.64. The van der Waals surface area contributed by atoms with Crippen LogP contribution in [-0.2, 0) is 4.79 Å². The van der Waals surface area contributed by atoms with Gasteiger partial charge in [-0.05, 0) is 34.4 Å². The molecule has 2 nitrogen and oxygen atoms in total. The lowest BCUT2D eigenvalue weighted by Gasteiger charge is -2.31. The molecule has 0 aromatic heterocycles. The van der Waals surface area contributed by atoms with Gasteiger partial charge in [0.15, 0.2) is 5.78 Å². The lowest BCUT2D eigenvalue weighted by atomic mass is 9.70. The summed E-state index contributed by atoms with van der Waals surface area (Å²) < 4.78 is 0. The molecular formula is C30H28O2. The zero-order valence-corrected chi connectivity index (χ0v) is 18.9. The average Bonchev–Trinajstić information content (AvgIpc) is 3.10. The lowest BCUT2D eigenvalue weighted by molar-refractivity contribution is -0.127. The Kier molecular flexibility index (Phi) is 4.78. The van der Waals surface area contributed by atoms with Gasteiger partial charge in [-0.15, -0.1) is 0 Å². The van der Waals surface area contributed by atoms with E-state index >= 15 is 0 Å². The Hall–Kier alpha value is -3.26. The van der Waals surface area contributed by atoms with E-state index in [2.05, 4.69) is 51.1 Å². The largest absolute Gasteiger partial charge is 0.299 e. The van der Waals surface area contributed by atoms with E-state index in [-0.39, 0.29) is 16.6 Å². The molecule has 3 aromatic carbocycles. The molecule has 2 heteroatoms. The fourth-order valence-electron chi connectivity index (χ4n) is 5.57. The van der Waals surface area contributed by atoms with Crippen LogP contribution >= 0.6 is 0 Å². The van der Waals surface area contributed by atoms with Crippen molar-refractivity contribution in [3.05, 3.63) is 101 Å². The van der Waals surface area contributed by atoms with E-state index in [9.17, 15) is 9.59 Å². The molecule has 3 aromatic rings. The summed E-state index contributed by atoms with van der Waals surface area (Å²) in [5.74, 6) is 0.823. The first-order valence-corrected chi connectivity index (χ1v) is 11.3. The maximum atomic E-state index is 12.6. The third-order valence-corrected chi connectivity index (χ3v) is 8.08. The monoisotopic (exact) mass is 420 g/mol. The standard InChI is InChI=1S/C30H28O2/c1-29(2)26-18-27(31)30(29,3)19-25(26)17-20-9-11-21(12-10-20)22-13-15-24(16-14-22)28(32)23-7-5-4-6-8-23/h4-17,26H,18-19H2,1-3H3/b25-17+. The third kappa shape index (κ3) is 3.17. The summed E-state index contributed by atoms with van der Waals surface area (Å²) >= 11 is 0. The van der Waals surface area contributed by atoms with Gasteiger partial charge in [-0.3, -0.25) is 9.59 Å². The van der Waals surface area contributed by atoms with Gasteiger partial charge in [-0.2, -0.15) is 0 Å². The van der Waals surface area contributed by atoms with Gasteiger partial charge in [-0.25, -0.2) is 0 Å². The van der Waals surface area contributed by atoms with Crippen LogP contribution in [0.1, 0.15) is 55.1 Å². The summed E-state index contributed by atoms with van der Waals surface area (Å²) in [5.41, 5.74) is 6.03. The zero-order valence-electron chi connectivity index (χ0n) is 18.9. The first-order valence-electron chi connectivity index (χ1n) is 11.3. The quantitative estimate of drug-likeness (QED) is 0.426. The molecule has 2 fully saturated rings. The van der Waals surface area contributed by atoms with E-state index in [0.717, 1.165) is 17.5 Å². The first-order chi connectivity index (χ1) is 15.3. The number of Topliss-reactive ketones (excluding diaryl/α,β-unsaturated/α-hetero) is 1. The van der Waals surface area contributed by atoms with Crippen LogP contribution in [-0.4, -0.2) is 11.6 Å². The second kappa shape index (κ2) is 7.41. The van der Waals surface area contributed by atoms with E-state index in [1.54, 1.807) is 0 Å². The van der Waals surface area contributed by atoms with Crippen LogP contribution in [0.4, 0.5) is 0 Å². The molecule has 0 saturated heterocycles. The summed E-state index contributed by atoms with van der Waals surface area (Å²) in [4.78, 5) is 25.1. The second-order valence-electron chi connectivity index (χ2n) is 10.0. The molecule has 160 valence electrons. The van der Waals surface area contributed by atoms with Gasteiger partial charge in [0.25, 0.3) is 0 Å². The van der Waals surface area contributed by atoms with Gasteiger partial charge in [0.1, 0.15) is 5.78 Å². The number of hydrogen-bond acceptors (Lipinski definition) is 2. The molecule has 32 heavy (non-hydrogen) atoms. The van der Waals surface area contributed by atoms with Crippen molar-refractivity contribution in [2.24, 2.45) is 16.7 Å². The highest BCUT2D eigenvalue weighted by Gasteiger charge is 2.63. The molecule has 0 spiro atoms. The fourth-order valence-corrected chi connectivity index (χ4v) is 5.57. The van der Waals surface area contributed by atoms with Crippen molar-refractivity contribution in [1.29, 1.82) is 0 Å². The number of benzene rings is 3. The van der Waals surface area contributed by atoms with E-state index in [0.29, 0.717) is 29.2 Å². The SMILES string of the molecule is CC12C/C(=C\c3ccc(-c4ccc(C(=O)c5ccccc5)cc4)cc3)C(CC1=O)C2(C)C. The smallest absolute Gasteiger partial charge is 0.193 e. The summed E-state index contributed by atoms with van der Waals surface area (Å²) in [6.07, 6.45) is 3.85. The van der Waals surface area contributed by atoms with Crippen LogP contribution < -0.4 is 0 Å². The van der Waals surface area contributed by atoms with Crippen molar-refractivity contribution >= 4 is 17.6 Å². The van der Waals surface area contributed by atoms with Gasteiger partial charge >= 0.3 is 0 Å². The minimum atomic E-state index is -0.220. The molecule has 0 heterocycles. The van der Waals surface area contributed by atoms with E-state index in [1.807, 2.05) is 54.6 Å². The van der Waals surface area contributed by atoms with E-state index in [4.69, 9.17) is 0 Å². The number of ketones is 2. The van der Waals surface area contributed by atoms with E-state index < -0.39 is 0 Å². The van der Waals surface area contributed by atoms with Crippen LogP contribution in [0.5, 0.6) is 0 Å². The van der Waals surface area contributed by atoms with E-state index in [1.165, 1.54) is 11.1 Å². The van der Waals surface area contributed by atoms with Crippen molar-refractivity contribution < 1.29 is 9.59 Å². The number of rotatable bonds is 4. The topological polar surface area (TPSA) is 34.1 Å². The summed E-state index contributed by atoms with van der Waals surface area (Å²) in [7, 11) is 0. The molecule has 2 aliphatic rings. The van der Waals surface area contributed by atoms with Gasteiger partial charge in [0.05, 0.1) is 0 Å². The molecule has 0 N–H and O–H groups in total. The Balaban J connectivity index is 1.34. The minimum absolute atomic E-state index is 0.0365. The maximum Gasteiger partial charge on any atom is 0.193 e. The first kappa shape index (κ1) is 20.6. The fraction of sp³-hybridized carbons (Fsp3) is 0.267. The molecule has 2 bridgehead atoms. The highest BCUT2D eigenvalue weighted by Crippen LogP contribution is 2.66. The molecule has 2 unspecified atom stereocenters. The van der Waals surface area contributed by atoms with Crippen LogP contribution in [0.25, 0.3) is 17.2 Å². The third-order valence-electron chi connectivity index (χ3n) is 8.08. The van der Waals surface area contributed by atoms with Crippen LogP contribution in [0.3, 0.4) is 0 Å². The predicted molar refractivity (Wildman–Crippen MR) is 129 cm³/mol. The average molecular weight is 421 g/mol. The Morgan fingerprint density at radius 3 is 1.91 bits per heavy atom. The van der Waals surface area contributed by atoms with Crippen molar-refractivity contribution in [3.8, 4) is 11.1 Å². The number of carbonyl (C=O) groups is 2. The lowest BCUT2D eigenvalue weighted by Crippen LogP contribution is -2.32. The molecule has 5 rings (SSSR count). The highest BCUT2D eigenvalue weighted by atomic mass is 16.1. The van der Waals surface area contributed by atoms with Crippen molar-refractivity contribution in [2.45, 2.75) is 33.6 Å². The Labute approximate surface area is 190 Å². The summed E-state index contributed by atoms with van der Waals surface area (Å²) in [6, 6.07) is 25.7. The summed E-state index contributed by atoms with van der Waals surface area (Å²) in [5, 5.41) is 0. The number of carbonyl (C=O) groups excluding carboxylic acids is 2. The highest BCUT2D eigenvalue weighted by molar-refractivity contribution is 6.09. The molecular weight excluding hydrogens is 392 g/mol. The normalized spacial score (nSPS) is 24.8. The predicted octanol–water partition coefficient (Wildman–Crippen LogP) is 6.99. The van der Waals surface area contributed by atoms with Crippen molar-refractivity contribution in [2.75, 3.05) is 0 Å². The van der Waals surface area contributed by atoms with Crippen LogP contribution in [0.2, 0.25) is 0 Å². The number of allylic oxidation sites excluding steroid dienone is 1. The molecule has 2 saturated carbocycles. The minimum Gasteiger partial charge on any atom is -0.299 e. The molecule has 0 radical (unpaired) electrons. The zero-order chi connectivity index (χ0) is 22.5. The Morgan fingerprint density at radius 1 is 0.812 bits per heavy atom. The van der Waals surface area contributed by atoms with Crippen molar-refractivity contribution in [3.63, 3.8) is 0 Å². The Morgan fingerprint density at radius 2 is 1.38 bits per heavy atom. The van der Waals surface area contributed by atoms with Gasteiger partial charge in [0, 0.05) is 23.0 Å². The number of fused-ring (bicyclic) bond motifs is 2. The maximum absolute atomic E-state index is 12.6. The van der Waals surface area contributed by atoms with Crippen LogP contribution in [0, 0.1) is 16.7 Å². The van der Waals surface area contributed by atoms with Gasteiger partial charge in [-0.1, -0.05) is 111 Å².